The number of hydrogen-bond acceptors (Lipinski definition) is 3. The van der Waals surface area contributed by atoms with Crippen LogP contribution in [0.15, 0.2) is 47.4 Å². The number of hydrazone groups is 1. The van der Waals surface area contributed by atoms with Crippen LogP contribution in [-0.2, 0) is 9.53 Å². The molecule has 0 aliphatic carbocycles. The molecule has 0 saturated heterocycles. The first kappa shape index (κ1) is 10.1. The summed E-state index contributed by atoms with van der Waals surface area (Å²) in [5, 5.41) is 5.87. The molecule has 2 heterocycles. The molecule has 2 aliphatic heterocycles. The van der Waals surface area contributed by atoms with E-state index in [-0.39, 0.29) is 12.5 Å². The predicted molar refractivity (Wildman–Crippen MR) is 63.1 cm³/mol. The van der Waals surface area contributed by atoms with Crippen LogP contribution in [0.3, 0.4) is 0 Å². The second-order valence-electron chi connectivity index (χ2n) is 4.04. The lowest BCUT2D eigenvalue weighted by Crippen LogP contribution is -2.35. The molecule has 0 N–H and O–H groups in total. The van der Waals surface area contributed by atoms with Crippen molar-refractivity contribution in [2.24, 2.45) is 5.10 Å². The Morgan fingerprint density at radius 1 is 1.18 bits per heavy atom. The Kier molecular flexibility index (Phi) is 2.40. The van der Waals surface area contributed by atoms with Crippen LogP contribution in [0.1, 0.15) is 18.4 Å². The fourth-order valence-corrected chi connectivity index (χ4v) is 2.01. The Morgan fingerprint density at radius 3 is 2.82 bits per heavy atom. The third kappa shape index (κ3) is 1.82. The third-order valence-corrected chi connectivity index (χ3v) is 2.88. The lowest BCUT2D eigenvalue weighted by molar-refractivity contribution is -0.134. The normalized spacial score (nSPS) is 19.1. The number of amides is 1. The number of allylic oxidation sites excluding steroid dienone is 1. The van der Waals surface area contributed by atoms with Crippen LogP contribution in [0.25, 0.3) is 0 Å². The van der Waals surface area contributed by atoms with Gasteiger partial charge in [0.15, 0.2) is 6.61 Å². The van der Waals surface area contributed by atoms with Gasteiger partial charge in [-0.05, 0) is 18.4 Å². The SMILES string of the molecule is O=C1COC=C2CCC(c3ccccc3)=NN12. The smallest absolute Gasteiger partial charge is 0.285 e. The molecule has 1 amide bonds. The molecule has 0 fully saturated rings. The highest BCUT2D eigenvalue weighted by molar-refractivity contribution is 6.02. The van der Waals surface area contributed by atoms with E-state index in [1.807, 2.05) is 30.3 Å². The molecule has 0 aromatic heterocycles. The Bertz CT molecular complexity index is 505. The van der Waals surface area contributed by atoms with E-state index in [0.717, 1.165) is 29.8 Å². The van der Waals surface area contributed by atoms with Gasteiger partial charge in [-0.25, -0.2) is 0 Å². The van der Waals surface area contributed by atoms with Crippen LogP contribution in [0.2, 0.25) is 0 Å². The van der Waals surface area contributed by atoms with Crippen LogP contribution in [0.4, 0.5) is 0 Å². The van der Waals surface area contributed by atoms with E-state index < -0.39 is 0 Å². The fourth-order valence-electron chi connectivity index (χ4n) is 2.01. The highest BCUT2D eigenvalue weighted by Gasteiger charge is 2.27. The van der Waals surface area contributed by atoms with Gasteiger partial charge in [-0.2, -0.15) is 10.1 Å². The number of fused-ring (bicyclic) bond motifs is 1. The summed E-state index contributed by atoms with van der Waals surface area (Å²) in [6.07, 6.45) is 3.26. The maximum atomic E-state index is 11.7. The van der Waals surface area contributed by atoms with Crippen molar-refractivity contribution < 1.29 is 9.53 Å². The van der Waals surface area contributed by atoms with Crippen molar-refractivity contribution in [3.05, 3.63) is 47.9 Å². The topological polar surface area (TPSA) is 41.9 Å². The van der Waals surface area contributed by atoms with Crippen molar-refractivity contribution in [1.82, 2.24) is 5.01 Å². The van der Waals surface area contributed by atoms with E-state index in [2.05, 4.69) is 5.10 Å². The van der Waals surface area contributed by atoms with Crippen molar-refractivity contribution in [1.29, 1.82) is 0 Å². The summed E-state index contributed by atoms with van der Waals surface area (Å²) in [6, 6.07) is 9.95. The van der Waals surface area contributed by atoms with Gasteiger partial charge in [-0.15, -0.1) is 0 Å². The molecule has 1 aromatic carbocycles. The third-order valence-electron chi connectivity index (χ3n) is 2.88. The molecule has 86 valence electrons. The minimum Gasteiger partial charge on any atom is -0.489 e. The summed E-state index contributed by atoms with van der Waals surface area (Å²) in [4.78, 5) is 11.7. The minimum atomic E-state index is -0.101. The van der Waals surface area contributed by atoms with E-state index >= 15 is 0 Å². The van der Waals surface area contributed by atoms with Gasteiger partial charge < -0.3 is 4.74 Å². The number of benzene rings is 1. The minimum absolute atomic E-state index is 0.0784. The molecule has 17 heavy (non-hydrogen) atoms. The average molecular weight is 228 g/mol. The Labute approximate surface area is 99.2 Å². The summed E-state index contributed by atoms with van der Waals surface area (Å²) in [7, 11) is 0. The number of hydrogen-bond donors (Lipinski definition) is 0. The van der Waals surface area contributed by atoms with Crippen molar-refractivity contribution in [2.45, 2.75) is 12.8 Å². The molecule has 0 atom stereocenters. The Morgan fingerprint density at radius 2 is 2.00 bits per heavy atom. The van der Waals surface area contributed by atoms with Gasteiger partial charge in [0.1, 0.15) is 6.26 Å². The van der Waals surface area contributed by atoms with Gasteiger partial charge in [-0.3, -0.25) is 4.79 Å². The van der Waals surface area contributed by atoms with Gasteiger partial charge in [0, 0.05) is 0 Å². The summed E-state index contributed by atoms with van der Waals surface area (Å²) in [5.74, 6) is -0.101. The molecule has 0 saturated carbocycles. The highest BCUT2D eigenvalue weighted by Crippen LogP contribution is 2.24. The Balaban J connectivity index is 1.96. The number of carbonyl (C=O) groups excluding carboxylic acids is 1. The quantitative estimate of drug-likeness (QED) is 0.736. The number of rotatable bonds is 1. The second kappa shape index (κ2) is 4.05. The maximum absolute atomic E-state index is 11.7. The van der Waals surface area contributed by atoms with Crippen molar-refractivity contribution in [3.8, 4) is 0 Å². The first-order valence-electron chi connectivity index (χ1n) is 5.61. The predicted octanol–water partition coefficient (Wildman–Crippen LogP) is 1.88. The molecular formula is C13H12N2O2. The van der Waals surface area contributed by atoms with E-state index in [1.165, 1.54) is 5.01 Å². The summed E-state index contributed by atoms with van der Waals surface area (Å²) in [6.45, 7) is 0.0784. The van der Waals surface area contributed by atoms with Crippen molar-refractivity contribution in [3.63, 3.8) is 0 Å². The van der Waals surface area contributed by atoms with Crippen molar-refractivity contribution >= 4 is 11.6 Å². The average Bonchev–Trinajstić information content (AvgIpc) is 2.40. The summed E-state index contributed by atoms with van der Waals surface area (Å²) in [5.41, 5.74) is 2.88. The number of carbonyl (C=O) groups is 1. The first-order valence-corrected chi connectivity index (χ1v) is 5.61. The van der Waals surface area contributed by atoms with E-state index in [9.17, 15) is 4.79 Å². The highest BCUT2D eigenvalue weighted by atomic mass is 16.5. The van der Waals surface area contributed by atoms with Crippen LogP contribution in [0, 0.1) is 0 Å². The maximum Gasteiger partial charge on any atom is 0.285 e. The van der Waals surface area contributed by atoms with E-state index in [4.69, 9.17) is 4.74 Å². The molecule has 0 bridgehead atoms. The summed E-state index contributed by atoms with van der Waals surface area (Å²) < 4.78 is 5.07. The second-order valence-corrected chi connectivity index (χ2v) is 4.04. The molecule has 1 aromatic rings. The molecule has 3 rings (SSSR count). The van der Waals surface area contributed by atoms with E-state index in [0.29, 0.717) is 0 Å². The molecule has 0 radical (unpaired) electrons. The molecular weight excluding hydrogens is 216 g/mol. The van der Waals surface area contributed by atoms with Crippen LogP contribution in [-0.4, -0.2) is 23.2 Å². The molecule has 4 heteroatoms. The van der Waals surface area contributed by atoms with E-state index in [1.54, 1.807) is 6.26 Å². The molecule has 2 aliphatic rings. The van der Waals surface area contributed by atoms with Crippen LogP contribution < -0.4 is 0 Å². The van der Waals surface area contributed by atoms with Crippen LogP contribution in [0.5, 0.6) is 0 Å². The first-order chi connectivity index (χ1) is 8.34. The monoisotopic (exact) mass is 228 g/mol. The lowest BCUT2D eigenvalue weighted by atomic mass is 10.0. The van der Waals surface area contributed by atoms with Gasteiger partial charge in [0.2, 0.25) is 0 Å². The number of nitrogens with zero attached hydrogens (tertiary/aromatic N) is 2. The fraction of sp³-hybridized carbons (Fsp3) is 0.231. The van der Waals surface area contributed by atoms with Gasteiger partial charge >= 0.3 is 0 Å². The molecule has 4 nitrogen and oxygen atoms in total. The zero-order valence-corrected chi connectivity index (χ0v) is 9.30. The summed E-state index contributed by atoms with van der Waals surface area (Å²) >= 11 is 0. The lowest BCUT2D eigenvalue weighted by Gasteiger charge is -2.28. The zero-order chi connectivity index (χ0) is 11.7. The largest absolute Gasteiger partial charge is 0.489 e. The zero-order valence-electron chi connectivity index (χ0n) is 9.30. The van der Waals surface area contributed by atoms with Crippen molar-refractivity contribution in [2.75, 3.05) is 6.61 Å². The standard InChI is InChI=1S/C13H12N2O2/c16-13-9-17-8-11-6-7-12(14-15(11)13)10-4-2-1-3-5-10/h1-5,8H,6-7,9H2. The molecule has 0 unspecified atom stereocenters. The number of ether oxygens (including phenoxy) is 1. The van der Waals surface area contributed by atoms with Gasteiger partial charge in [0.05, 0.1) is 11.4 Å². The van der Waals surface area contributed by atoms with Gasteiger partial charge in [0.25, 0.3) is 5.91 Å². The van der Waals surface area contributed by atoms with Crippen LogP contribution >= 0.6 is 0 Å². The van der Waals surface area contributed by atoms with Gasteiger partial charge in [-0.1, -0.05) is 30.3 Å². The Hall–Kier alpha value is -2.10. The molecule has 0 spiro atoms.